The molecule has 1 N–H and O–H groups in total. The quantitative estimate of drug-likeness (QED) is 0.897. The topological polar surface area (TPSA) is 75.9 Å². The van der Waals surface area contributed by atoms with Gasteiger partial charge in [-0.1, -0.05) is 13.8 Å². The predicted molar refractivity (Wildman–Crippen MR) is 103 cm³/mol. The van der Waals surface area contributed by atoms with Gasteiger partial charge in [-0.15, -0.1) is 0 Å². The highest BCUT2D eigenvalue weighted by atomic mass is 16.2. The van der Waals surface area contributed by atoms with Crippen LogP contribution in [-0.2, 0) is 37.3 Å². The zero-order chi connectivity index (χ0) is 19.0. The van der Waals surface area contributed by atoms with Gasteiger partial charge in [0.25, 0.3) is 0 Å². The molecule has 2 aromatic rings. The standard InChI is InChI=1S/C20H28N6O/c1-13(2)19(27)25-8-9-26-16(12-25)10-15(24-26)11-21-20-22-14(3)17-6-4-5-7-18(17)23-20/h10,13H,4-9,11-12H2,1-3H3,(H,21,22,23). The molecule has 7 nitrogen and oxygen atoms in total. The summed E-state index contributed by atoms with van der Waals surface area (Å²) in [5, 5.41) is 8.01. The summed E-state index contributed by atoms with van der Waals surface area (Å²) in [6.45, 7) is 8.68. The van der Waals surface area contributed by atoms with Crippen LogP contribution in [0.5, 0.6) is 0 Å². The van der Waals surface area contributed by atoms with E-state index >= 15 is 0 Å². The molecular formula is C20H28N6O. The van der Waals surface area contributed by atoms with Crippen LogP contribution in [0.15, 0.2) is 6.07 Å². The van der Waals surface area contributed by atoms with Crippen molar-refractivity contribution in [2.24, 2.45) is 5.92 Å². The van der Waals surface area contributed by atoms with Gasteiger partial charge in [-0.3, -0.25) is 9.48 Å². The number of amides is 1. The molecule has 3 heterocycles. The molecule has 144 valence electrons. The summed E-state index contributed by atoms with van der Waals surface area (Å²) >= 11 is 0. The minimum absolute atomic E-state index is 0.0324. The first-order valence-corrected chi connectivity index (χ1v) is 9.96. The lowest BCUT2D eigenvalue weighted by Crippen LogP contribution is -2.40. The fraction of sp³-hybridized carbons (Fsp3) is 0.600. The maximum absolute atomic E-state index is 12.2. The van der Waals surface area contributed by atoms with Crippen LogP contribution in [0.3, 0.4) is 0 Å². The molecule has 0 saturated carbocycles. The maximum Gasteiger partial charge on any atom is 0.225 e. The first kappa shape index (κ1) is 17.9. The number of rotatable bonds is 4. The molecule has 0 fully saturated rings. The van der Waals surface area contributed by atoms with E-state index in [4.69, 9.17) is 4.98 Å². The van der Waals surface area contributed by atoms with E-state index in [0.717, 1.165) is 43.0 Å². The zero-order valence-corrected chi connectivity index (χ0v) is 16.5. The van der Waals surface area contributed by atoms with Crippen LogP contribution in [0.4, 0.5) is 5.95 Å². The Balaban J connectivity index is 1.43. The number of hydrogen-bond acceptors (Lipinski definition) is 5. The third-order valence-electron chi connectivity index (χ3n) is 5.47. The molecule has 2 aliphatic rings. The van der Waals surface area contributed by atoms with Gasteiger partial charge in [0.2, 0.25) is 11.9 Å². The van der Waals surface area contributed by atoms with E-state index in [-0.39, 0.29) is 11.8 Å². The molecule has 1 aliphatic heterocycles. The molecular weight excluding hydrogens is 340 g/mol. The Morgan fingerprint density at radius 1 is 1.22 bits per heavy atom. The molecule has 2 aromatic heterocycles. The number of aromatic nitrogens is 4. The SMILES string of the molecule is Cc1nc(NCc2cc3n(n2)CCN(C(=O)C(C)C)C3)nc2c1CCCC2. The second-order valence-corrected chi connectivity index (χ2v) is 7.88. The van der Waals surface area contributed by atoms with Gasteiger partial charge in [-0.05, 0) is 44.2 Å². The second kappa shape index (κ2) is 7.29. The molecule has 0 radical (unpaired) electrons. The summed E-state index contributed by atoms with van der Waals surface area (Å²) in [5.41, 5.74) is 5.67. The van der Waals surface area contributed by atoms with Crippen molar-refractivity contribution in [2.75, 3.05) is 11.9 Å². The van der Waals surface area contributed by atoms with Gasteiger partial charge in [0, 0.05) is 23.9 Å². The Morgan fingerprint density at radius 2 is 2.04 bits per heavy atom. The number of anilines is 1. The van der Waals surface area contributed by atoms with Crippen LogP contribution in [0, 0.1) is 12.8 Å². The Kier molecular flexibility index (Phi) is 4.85. The van der Waals surface area contributed by atoms with Gasteiger partial charge in [0.15, 0.2) is 0 Å². The van der Waals surface area contributed by atoms with Crippen LogP contribution < -0.4 is 5.32 Å². The summed E-state index contributed by atoms with van der Waals surface area (Å²) in [4.78, 5) is 23.5. The minimum Gasteiger partial charge on any atom is -0.348 e. The maximum atomic E-state index is 12.2. The fourth-order valence-corrected chi connectivity index (χ4v) is 4.00. The first-order valence-electron chi connectivity index (χ1n) is 9.96. The van der Waals surface area contributed by atoms with Crippen molar-refractivity contribution in [1.29, 1.82) is 0 Å². The number of aryl methyl sites for hydroxylation is 2. The van der Waals surface area contributed by atoms with Crippen molar-refractivity contribution in [1.82, 2.24) is 24.6 Å². The van der Waals surface area contributed by atoms with E-state index in [1.807, 2.05) is 23.4 Å². The number of carbonyl (C=O) groups is 1. The van der Waals surface area contributed by atoms with E-state index in [1.165, 1.54) is 24.1 Å². The molecule has 1 aliphatic carbocycles. The average Bonchev–Trinajstić information content (AvgIpc) is 3.08. The Bertz CT molecular complexity index is 856. The van der Waals surface area contributed by atoms with E-state index in [1.54, 1.807) is 0 Å². The molecule has 0 spiro atoms. The molecule has 7 heteroatoms. The van der Waals surface area contributed by atoms with Crippen LogP contribution in [0.1, 0.15) is 55.0 Å². The van der Waals surface area contributed by atoms with E-state index < -0.39 is 0 Å². The van der Waals surface area contributed by atoms with Crippen LogP contribution >= 0.6 is 0 Å². The highest BCUT2D eigenvalue weighted by Crippen LogP contribution is 2.23. The summed E-state index contributed by atoms with van der Waals surface area (Å²) in [5.74, 6) is 0.931. The van der Waals surface area contributed by atoms with Crippen molar-refractivity contribution in [3.05, 3.63) is 34.4 Å². The monoisotopic (exact) mass is 368 g/mol. The summed E-state index contributed by atoms with van der Waals surface area (Å²) in [6, 6.07) is 2.08. The summed E-state index contributed by atoms with van der Waals surface area (Å²) < 4.78 is 2.01. The van der Waals surface area contributed by atoms with Crippen LogP contribution in [-0.4, -0.2) is 37.1 Å². The van der Waals surface area contributed by atoms with Crippen molar-refractivity contribution >= 4 is 11.9 Å². The number of hydrogen-bond donors (Lipinski definition) is 1. The van der Waals surface area contributed by atoms with Crippen molar-refractivity contribution in [2.45, 2.75) is 66.1 Å². The second-order valence-electron chi connectivity index (χ2n) is 7.88. The lowest BCUT2D eigenvalue weighted by atomic mass is 9.95. The first-order chi connectivity index (χ1) is 13.0. The number of carbonyl (C=O) groups excluding carboxylic acids is 1. The van der Waals surface area contributed by atoms with E-state index in [0.29, 0.717) is 19.0 Å². The van der Waals surface area contributed by atoms with Crippen molar-refractivity contribution < 1.29 is 4.79 Å². The third kappa shape index (κ3) is 3.68. The van der Waals surface area contributed by atoms with Gasteiger partial charge in [-0.25, -0.2) is 9.97 Å². The zero-order valence-electron chi connectivity index (χ0n) is 16.5. The minimum atomic E-state index is 0.0324. The molecule has 4 rings (SSSR count). The summed E-state index contributed by atoms with van der Waals surface area (Å²) in [6.07, 6.45) is 4.59. The van der Waals surface area contributed by atoms with Crippen LogP contribution in [0.25, 0.3) is 0 Å². The molecule has 0 aromatic carbocycles. The predicted octanol–water partition coefficient (Wildman–Crippen LogP) is 2.47. The lowest BCUT2D eigenvalue weighted by Gasteiger charge is -2.29. The highest BCUT2D eigenvalue weighted by molar-refractivity contribution is 5.78. The van der Waals surface area contributed by atoms with Crippen LogP contribution in [0.2, 0.25) is 0 Å². The molecule has 0 bridgehead atoms. The molecule has 0 saturated heterocycles. The molecule has 0 unspecified atom stereocenters. The number of nitrogens with one attached hydrogen (secondary N) is 1. The Morgan fingerprint density at radius 3 is 2.85 bits per heavy atom. The molecule has 0 atom stereocenters. The molecule has 1 amide bonds. The summed E-state index contributed by atoms with van der Waals surface area (Å²) in [7, 11) is 0. The van der Waals surface area contributed by atoms with Gasteiger partial charge in [0.05, 0.1) is 31.0 Å². The highest BCUT2D eigenvalue weighted by Gasteiger charge is 2.24. The largest absolute Gasteiger partial charge is 0.348 e. The normalized spacial score (nSPS) is 16.2. The number of nitrogens with zero attached hydrogens (tertiary/aromatic N) is 5. The lowest BCUT2D eigenvalue weighted by molar-refractivity contribution is -0.136. The Labute approximate surface area is 160 Å². The van der Waals surface area contributed by atoms with Crippen molar-refractivity contribution in [3.63, 3.8) is 0 Å². The van der Waals surface area contributed by atoms with Gasteiger partial charge < -0.3 is 10.2 Å². The molecule has 27 heavy (non-hydrogen) atoms. The van der Waals surface area contributed by atoms with E-state index in [2.05, 4.69) is 28.4 Å². The Hall–Kier alpha value is -2.44. The van der Waals surface area contributed by atoms with Crippen molar-refractivity contribution in [3.8, 4) is 0 Å². The fourth-order valence-electron chi connectivity index (χ4n) is 4.00. The van der Waals surface area contributed by atoms with Gasteiger partial charge in [-0.2, -0.15) is 5.10 Å². The van der Waals surface area contributed by atoms with Gasteiger partial charge >= 0.3 is 0 Å². The third-order valence-corrected chi connectivity index (χ3v) is 5.47. The van der Waals surface area contributed by atoms with E-state index in [9.17, 15) is 4.79 Å². The number of fused-ring (bicyclic) bond motifs is 2. The smallest absolute Gasteiger partial charge is 0.225 e. The average molecular weight is 368 g/mol. The van der Waals surface area contributed by atoms with Gasteiger partial charge in [0.1, 0.15) is 0 Å².